The first-order chi connectivity index (χ1) is 8.60. The number of ether oxygens (including phenoxy) is 1. The average molecular weight is 346 g/mol. The van der Waals surface area contributed by atoms with E-state index < -0.39 is 0 Å². The molecule has 2 aromatic rings. The molecule has 0 N–H and O–H groups in total. The van der Waals surface area contributed by atoms with Crippen molar-refractivity contribution in [2.45, 2.75) is 12.8 Å². The third-order valence-electron chi connectivity index (χ3n) is 2.52. The van der Waals surface area contributed by atoms with Crippen molar-refractivity contribution < 1.29 is 4.74 Å². The molecule has 0 aliphatic heterocycles. The van der Waals surface area contributed by atoms with Crippen LogP contribution in [0.4, 0.5) is 0 Å². The Morgan fingerprint density at radius 1 is 1.17 bits per heavy atom. The molecular formula is C14H11BrCl2O. The average Bonchev–Trinajstić information content (AvgIpc) is 2.36. The number of hydrogen-bond acceptors (Lipinski definition) is 1. The molecule has 0 saturated heterocycles. The fourth-order valence-corrected chi connectivity index (χ4v) is 2.29. The number of hydrogen-bond donors (Lipinski definition) is 0. The summed E-state index contributed by atoms with van der Waals surface area (Å²) in [6, 6.07) is 11.3. The molecule has 0 spiro atoms. The predicted molar refractivity (Wildman–Crippen MR) is 80.0 cm³/mol. The Labute approximate surface area is 125 Å². The Kier molecular flexibility index (Phi) is 4.55. The quantitative estimate of drug-likeness (QED) is 0.625. The largest absolute Gasteiger partial charge is 0.457 e. The normalized spacial score (nSPS) is 10.4. The van der Waals surface area contributed by atoms with E-state index in [1.54, 1.807) is 0 Å². The fraction of sp³-hybridized carbons (Fsp3) is 0.143. The third-order valence-corrected chi connectivity index (χ3v) is 3.73. The van der Waals surface area contributed by atoms with Gasteiger partial charge >= 0.3 is 0 Å². The van der Waals surface area contributed by atoms with E-state index >= 15 is 0 Å². The van der Waals surface area contributed by atoms with Crippen molar-refractivity contribution in [1.29, 1.82) is 0 Å². The van der Waals surface area contributed by atoms with Gasteiger partial charge in [-0.3, -0.25) is 0 Å². The maximum absolute atomic E-state index is 5.98. The summed E-state index contributed by atoms with van der Waals surface area (Å²) in [5.41, 5.74) is 1.93. The predicted octanol–water partition coefficient (Wildman–Crippen LogP) is 5.94. The summed E-state index contributed by atoms with van der Waals surface area (Å²) in [5.74, 6) is 1.92. The molecule has 0 saturated carbocycles. The highest BCUT2D eigenvalue weighted by molar-refractivity contribution is 9.10. The van der Waals surface area contributed by atoms with Crippen molar-refractivity contribution in [2.75, 3.05) is 0 Å². The van der Waals surface area contributed by atoms with Crippen LogP contribution < -0.4 is 4.74 Å². The van der Waals surface area contributed by atoms with Crippen molar-refractivity contribution in [1.82, 2.24) is 0 Å². The molecule has 0 amide bonds. The van der Waals surface area contributed by atoms with Crippen LogP contribution in [0.25, 0.3) is 0 Å². The smallest absolute Gasteiger partial charge is 0.131 e. The number of halogens is 3. The lowest BCUT2D eigenvalue weighted by Crippen LogP contribution is -1.90. The SMILES string of the molecule is Cc1cc(Oc2ccc(Br)cc2CCl)ccc1Cl. The fourth-order valence-electron chi connectivity index (χ4n) is 1.56. The van der Waals surface area contributed by atoms with Crippen LogP contribution in [0.5, 0.6) is 11.5 Å². The molecule has 2 aromatic carbocycles. The Bertz CT molecular complexity index is 570. The van der Waals surface area contributed by atoms with Crippen molar-refractivity contribution in [2.24, 2.45) is 0 Å². The zero-order valence-electron chi connectivity index (χ0n) is 9.71. The van der Waals surface area contributed by atoms with E-state index in [0.29, 0.717) is 5.88 Å². The van der Waals surface area contributed by atoms with E-state index in [1.807, 2.05) is 43.3 Å². The molecule has 0 atom stereocenters. The first-order valence-electron chi connectivity index (χ1n) is 5.38. The summed E-state index contributed by atoms with van der Waals surface area (Å²) >= 11 is 15.3. The van der Waals surface area contributed by atoms with Gasteiger partial charge in [0.25, 0.3) is 0 Å². The summed E-state index contributed by atoms with van der Waals surface area (Å²) < 4.78 is 6.81. The van der Waals surface area contributed by atoms with E-state index in [1.165, 1.54) is 0 Å². The highest BCUT2D eigenvalue weighted by Gasteiger charge is 2.06. The first kappa shape index (κ1) is 13.7. The highest BCUT2D eigenvalue weighted by atomic mass is 79.9. The molecule has 4 heteroatoms. The Morgan fingerprint density at radius 3 is 2.61 bits per heavy atom. The van der Waals surface area contributed by atoms with Crippen LogP contribution in [-0.4, -0.2) is 0 Å². The minimum atomic E-state index is 0.404. The number of alkyl halides is 1. The van der Waals surface area contributed by atoms with Gasteiger partial charge in [0.2, 0.25) is 0 Å². The van der Waals surface area contributed by atoms with Crippen molar-refractivity contribution in [3.63, 3.8) is 0 Å². The van der Waals surface area contributed by atoms with Gasteiger partial charge in [0, 0.05) is 15.1 Å². The second-order valence-electron chi connectivity index (χ2n) is 3.90. The highest BCUT2D eigenvalue weighted by Crippen LogP contribution is 2.30. The minimum Gasteiger partial charge on any atom is -0.457 e. The molecule has 0 aromatic heterocycles. The molecule has 1 nitrogen and oxygen atoms in total. The maximum atomic E-state index is 5.98. The van der Waals surface area contributed by atoms with E-state index in [2.05, 4.69) is 15.9 Å². The van der Waals surface area contributed by atoms with Crippen molar-refractivity contribution in [3.8, 4) is 11.5 Å². The number of rotatable bonds is 3. The molecule has 0 heterocycles. The van der Waals surface area contributed by atoms with Crippen LogP contribution in [-0.2, 0) is 5.88 Å². The summed E-state index contributed by atoms with van der Waals surface area (Å²) in [6.45, 7) is 1.94. The first-order valence-corrected chi connectivity index (χ1v) is 7.09. The van der Waals surface area contributed by atoms with Crippen molar-refractivity contribution in [3.05, 3.63) is 57.0 Å². The van der Waals surface area contributed by atoms with Gasteiger partial charge in [-0.2, -0.15) is 0 Å². The second-order valence-corrected chi connectivity index (χ2v) is 5.49. The number of aryl methyl sites for hydroxylation is 1. The minimum absolute atomic E-state index is 0.404. The van der Waals surface area contributed by atoms with Crippen LogP contribution in [0.2, 0.25) is 5.02 Å². The molecule has 2 rings (SSSR count). The summed E-state index contributed by atoms with van der Waals surface area (Å²) in [6.07, 6.45) is 0. The molecular weight excluding hydrogens is 335 g/mol. The third kappa shape index (κ3) is 3.19. The van der Waals surface area contributed by atoms with E-state index in [-0.39, 0.29) is 0 Å². The summed E-state index contributed by atoms with van der Waals surface area (Å²) in [4.78, 5) is 0. The van der Waals surface area contributed by atoms with Gasteiger partial charge in [-0.15, -0.1) is 11.6 Å². The number of benzene rings is 2. The molecule has 0 aliphatic rings. The second kappa shape index (κ2) is 5.96. The molecule has 18 heavy (non-hydrogen) atoms. The van der Waals surface area contributed by atoms with Gasteiger partial charge < -0.3 is 4.74 Å². The maximum Gasteiger partial charge on any atom is 0.131 e. The molecule has 0 fully saturated rings. The Balaban J connectivity index is 2.30. The van der Waals surface area contributed by atoms with Crippen LogP contribution in [0.3, 0.4) is 0 Å². The molecule has 0 unspecified atom stereocenters. The van der Waals surface area contributed by atoms with Crippen LogP contribution in [0.1, 0.15) is 11.1 Å². The van der Waals surface area contributed by atoms with Gasteiger partial charge in [0.15, 0.2) is 0 Å². The van der Waals surface area contributed by atoms with Gasteiger partial charge in [-0.1, -0.05) is 27.5 Å². The van der Waals surface area contributed by atoms with Crippen molar-refractivity contribution >= 4 is 39.1 Å². The summed E-state index contributed by atoms with van der Waals surface area (Å²) in [7, 11) is 0. The van der Waals surface area contributed by atoms with Crippen LogP contribution in [0, 0.1) is 6.92 Å². The molecule has 0 aliphatic carbocycles. The zero-order chi connectivity index (χ0) is 13.1. The van der Waals surface area contributed by atoms with Gasteiger partial charge in [0.1, 0.15) is 11.5 Å². The Morgan fingerprint density at radius 2 is 1.94 bits per heavy atom. The molecule has 0 radical (unpaired) electrons. The van der Waals surface area contributed by atoms with Gasteiger partial charge in [-0.25, -0.2) is 0 Å². The van der Waals surface area contributed by atoms with E-state index in [4.69, 9.17) is 27.9 Å². The molecule has 0 bridgehead atoms. The van der Waals surface area contributed by atoms with Crippen LogP contribution >= 0.6 is 39.1 Å². The monoisotopic (exact) mass is 344 g/mol. The van der Waals surface area contributed by atoms with E-state index in [9.17, 15) is 0 Å². The Hall–Kier alpha value is -0.700. The van der Waals surface area contributed by atoms with E-state index in [0.717, 1.165) is 32.1 Å². The standard InChI is InChI=1S/C14H11BrCl2O/c1-9-6-12(3-4-13(9)17)18-14-5-2-11(15)7-10(14)8-16/h2-7H,8H2,1H3. The molecule has 94 valence electrons. The summed E-state index contributed by atoms with van der Waals surface area (Å²) in [5, 5.41) is 0.732. The lowest BCUT2D eigenvalue weighted by Gasteiger charge is -2.11. The van der Waals surface area contributed by atoms with Gasteiger partial charge in [0.05, 0.1) is 5.88 Å². The zero-order valence-corrected chi connectivity index (χ0v) is 12.8. The van der Waals surface area contributed by atoms with Gasteiger partial charge in [-0.05, 0) is 48.9 Å². The lowest BCUT2D eigenvalue weighted by molar-refractivity contribution is 0.478. The lowest BCUT2D eigenvalue weighted by atomic mass is 10.2. The van der Waals surface area contributed by atoms with Crippen LogP contribution in [0.15, 0.2) is 40.9 Å². The topological polar surface area (TPSA) is 9.23 Å².